The summed E-state index contributed by atoms with van der Waals surface area (Å²) in [5, 5.41) is 12.4. The molecule has 0 amide bonds. The summed E-state index contributed by atoms with van der Waals surface area (Å²) in [5.74, 6) is 1.35. The molecule has 3 heterocycles. The van der Waals surface area contributed by atoms with Crippen LogP contribution in [0, 0.1) is 19.3 Å². The Bertz CT molecular complexity index is 923. The van der Waals surface area contributed by atoms with E-state index in [1.807, 2.05) is 0 Å². The van der Waals surface area contributed by atoms with Crippen molar-refractivity contribution in [2.24, 2.45) is 5.41 Å². The number of nitrogens with zero attached hydrogens (tertiary/aromatic N) is 5. The van der Waals surface area contributed by atoms with Crippen LogP contribution in [0.2, 0.25) is 0 Å². The minimum atomic E-state index is -3.66. The van der Waals surface area contributed by atoms with Gasteiger partial charge in [-0.2, -0.15) is 4.31 Å². The Hall–Kier alpha value is -1.74. The number of aryl methyl sites for hydroxylation is 3. The monoisotopic (exact) mass is 407 g/mol. The Labute approximate surface area is 166 Å². The minimum absolute atomic E-state index is 0.0666. The van der Waals surface area contributed by atoms with Crippen LogP contribution in [0.3, 0.4) is 0 Å². The van der Waals surface area contributed by atoms with Gasteiger partial charge in [-0.15, -0.1) is 10.2 Å². The molecule has 9 heteroatoms. The van der Waals surface area contributed by atoms with Crippen LogP contribution in [-0.2, 0) is 16.6 Å². The second-order valence-corrected chi connectivity index (χ2v) is 10.2. The van der Waals surface area contributed by atoms with Gasteiger partial charge in [0.1, 0.15) is 22.7 Å². The first-order valence-corrected chi connectivity index (χ1v) is 11.6. The highest BCUT2D eigenvalue weighted by Gasteiger charge is 2.53. The first-order chi connectivity index (χ1) is 13.4. The average Bonchev–Trinajstić information content (AvgIpc) is 3.34. The van der Waals surface area contributed by atoms with Gasteiger partial charge in [-0.3, -0.25) is 0 Å². The van der Waals surface area contributed by atoms with Gasteiger partial charge in [0.15, 0.2) is 5.76 Å². The van der Waals surface area contributed by atoms with E-state index in [9.17, 15) is 8.42 Å². The van der Waals surface area contributed by atoms with E-state index in [1.165, 1.54) is 6.42 Å². The molecule has 1 aliphatic carbocycles. The Morgan fingerprint density at radius 3 is 2.64 bits per heavy atom. The molecule has 0 radical (unpaired) electrons. The van der Waals surface area contributed by atoms with Crippen molar-refractivity contribution < 1.29 is 12.9 Å². The third-order valence-corrected chi connectivity index (χ3v) is 8.51. The van der Waals surface area contributed by atoms with Crippen LogP contribution in [0.25, 0.3) is 0 Å². The standard InChI is InChI=1S/C19H29N5O3S/c1-4-10-23-13-20-21-18(23)16-11-24(12-19(16)8-6-5-7-9-19)28(25,26)17-14(2)22-27-15(17)3/h13,16H,4-12H2,1-3H3. The van der Waals surface area contributed by atoms with Gasteiger partial charge in [0.05, 0.1) is 0 Å². The smallest absolute Gasteiger partial charge is 0.248 e. The zero-order valence-electron chi connectivity index (χ0n) is 16.9. The fourth-order valence-electron chi connectivity index (χ4n) is 5.14. The van der Waals surface area contributed by atoms with Gasteiger partial charge in [0.25, 0.3) is 0 Å². The van der Waals surface area contributed by atoms with Crippen LogP contribution in [0.4, 0.5) is 0 Å². The Kier molecular flexibility index (Phi) is 5.07. The highest BCUT2D eigenvalue weighted by atomic mass is 32.2. The Balaban J connectivity index is 1.74. The highest BCUT2D eigenvalue weighted by molar-refractivity contribution is 7.89. The molecule has 1 aliphatic heterocycles. The SMILES string of the molecule is CCCn1cnnc1C1CN(S(=O)(=O)c2c(C)noc2C)CC12CCCCC2. The second-order valence-electron chi connectivity index (χ2n) is 8.31. The average molecular weight is 408 g/mol. The van der Waals surface area contributed by atoms with Gasteiger partial charge in [0, 0.05) is 25.6 Å². The molecule has 2 aromatic rings. The van der Waals surface area contributed by atoms with Crippen molar-refractivity contribution >= 4 is 10.0 Å². The predicted octanol–water partition coefficient (Wildman–Crippen LogP) is 3.03. The molecule has 8 nitrogen and oxygen atoms in total. The van der Waals surface area contributed by atoms with Gasteiger partial charge in [-0.25, -0.2) is 8.42 Å². The Morgan fingerprint density at radius 2 is 2.00 bits per heavy atom. The minimum Gasteiger partial charge on any atom is -0.360 e. The fraction of sp³-hybridized carbons (Fsp3) is 0.737. The maximum Gasteiger partial charge on any atom is 0.248 e. The topological polar surface area (TPSA) is 94.1 Å². The van der Waals surface area contributed by atoms with Crippen LogP contribution in [0.15, 0.2) is 15.7 Å². The third kappa shape index (κ3) is 3.08. The number of rotatable bonds is 5. The summed E-state index contributed by atoms with van der Waals surface area (Å²) >= 11 is 0. The molecule has 2 fully saturated rings. The molecule has 0 aromatic carbocycles. The molecular formula is C19H29N5O3S. The van der Waals surface area contributed by atoms with Crippen LogP contribution in [0.1, 0.15) is 68.6 Å². The molecule has 1 spiro atoms. The summed E-state index contributed by atoms with van der Waals surface area (Å²) in [5.41, 5.74) is 0.357. The van der Waals surface area contributed by atoms with Gasteiger partial charge < -0.3 is 9.09 Å². The van der Waals surface area contributed by atoms with E-state index >= 15 is 0 Å². The van der Waals surface area contributed by atoms with Gasteiger partial charge in [-0.05, 0) is 38.5 Å². The fourth-order valence-corrected chi connectivity index (χ4v) is 6.98. The number of hydrogen-bond donors (Lipinski definition) is 0. The number of aromatic nitrogens is 4. The zero-order chi connectivity index (χ0) is 19.9. The summed E-state index contributed by atoms with van der Waals surface area (Å²) < 4.78 is 35.8. The van der Waals surface area contributed by atoms with Crippen molar-refractivity contribution in [1.29, 1.82) is 0 Å². The maximum absolute atomic E-state index is 13.5. The Morgan fingerprint density at radius 1 is 1.25 bits per heavy atom. The molecule has 1 saturated carbocycles. The normalized spacial score (nSPS) is 22.9. The summed E-state index contributed by atoms with van der Waals surface area (Å²) in [7, 11) is -3.66. The van der Waals surface area contributed by atoms with E-state index in [0.717, 1.165) is 44.5 Å². The van der Waals surface area contributed by atoms with Crippen molar-refractivity contribution in [3.63, 3.8) is 0 Å². The lowest BCUT2D eigenvalue weighted by atomic mass is 9.67. The highest BCUT2D eigenvalue weighted by Crippen LogP contribution is 2.52. The molecule has 1 unspecified atom stereocenters. The summed E-state index contributed by atoms with van der Waals surface area (Å²) in [6.45, 7) is 7.30. The second kappa shape index (κ2) is 7.26. The zero-order valence-corrected chi connectivity index (χ0v) is 17.7. The molecule has 28 heavy (non-hydrogen) atoms. The molecule has 4 rings (SSSR count). The lowest BCUT2D eigenvalue weighted by molar-refractivity contribution is 0.176. The van der Waals surface area contributed by atoms with E-state index in [2.05, 4.69) is 26.8 Å². The molecule has 1 saturated heterocycles. The van der Waals surface area contributed by atoms with Crippen molar-refractivity contribution in [2.45, 2.75) is 76.7 Å². The number of hydrogen-bond acceptors (Lipinski definition) is 6. The predicted molar refractivity (Wildman–Crippen MR) is 103 cm³/mol. The largest absolute Gasteiger partial charge is 0.360 e. The summed E-state index contributed by atoms with van der Waals surface area (Å²) in [4.78, 5) is 0.217. The van der Waals surface area contributed by atoms with Crippen LogP contribution < -0.4 is 0 Å². The van der Waals surface area contributed by atoms with E-state index in [0.29, 0.717) is 24.5 Å². The van der Waals surface area contributed by atoms with Crippen molar-refractivity contribution in [3.05, 3.63) is 23.6 Å². The van der Waals surface area contributed by atoms with E-state index in [1.54, 1.807) is 24.5 Å². The molecule has 2 aliphatic rings. The molecule has 2 aromatic heterocycles. The van der Waals surface area contributed by atoms with E-state index in [4.69, 9.17) is 4.52 Å². The van der Waals surface area contributed by atoms with Crippen LogP contribution in [0.5, 0.6) is 0 Å². The van der Waals surface area contributed by atoms with Crippen molar-refractivity contribution in [1.82, 2.24) is 24.2 Å². The summed E-state index contributed by atoms with van der Waals surface area (Å²) in [6.07, 6.45) is 8.32. The van der Waals surface area contributed by atoms with Crippen molar-refractivity contribution in [3.8, 4) is 0 Å². The quantitative estimate of drug-likeness (QED) is 0.756. The summed E-state index contributed by atoms with van der Waals surface area (Å²) in [6, 6.07) is 0. The molecule has 154 valence electrons. The molecule has 0 N–H and O–H groups in total. The first-order valence-electron chi connectivity index (χ1n) is 10.2. The van der Waals surface area contributed by atoms with Gasteiger partial charge in [0.2, 0.25) is 10.0 Å². The lowest BCUT2D eigenvalue weighted by Crippen LogP contribution is -2.35. The van der Waals surface area contributed by atoms with E-state index in [-0.39, 0.29) is 16.2 Å². The molecule has 1 atom stereocenters. The molecular weight excluding hydrogens is 378 g/mol. The third-order valence-electron chi connectivity index (χ3n) is 6.45. The first kappa shape index (κ1) is 19.6. The maximum atomic E-state index is 13.5. The number of sulfonamides is 1. The van der Waals surface area contributed by atoms with Crippen LogP contribution >= 0.6 is 0 Å². The van der Waals surface area contributed by atoms with Crippen molar-refractivity contribution in [2.75, 3.05) is 13.1 Å². The van der Waals surface area contributed by atoms with Gasteiger partial charge in [-0.1, -0.05) is 31.3 Å². The van der Waals surface area contributed by atoms with E-state index < -0.39 is 10.0 Å². The molecule has 0 bridgehead atoms. The van der Waals surface area contributed by atoms with Crippen LogP contribution in [-0.4, -0.2) is 45.7 Å². The lowest BCUT2D eigenvalue weighted by Gasteiger charge is -2.37. The van der Waals surface area contributed by atoms with Gasteiger partial charge >= 0.3 is 0 Å².